The Bertz CT molecular complexity index is 1020. The molecule has 0 spiro atoms. The predicted octanol–water partition coefficient (Wildman–Crippen LogP) is 3.25. The first kappa shape index (κ1) is 20.3. The third-order valence-corrected chi connectivity index (χ3v) is 4.62. The van der Waals surface area contributed by atoms with Crippen LogP contribution >= 0.6 is 0 Å². The summed E-state index contributed by atoms with van der Waals surface area (Å²) in [7, 11) is 1.38. The zero-order valence-electron chi connectivity index (χ0n) is 16.9. The van der Waals surface area contributed by atoms with E-state index in [-0.39, 0.29) is 12.6 Å². The van der Waals surface area contributed by atoms with Crippen LogP contribution in [0.5, 0.6) is 0 Å². The second kappa shape index (κ2) is 8.72. The van der Waals surface area contributed by atoms with Crippen molar-refractivity contribution in [2.75, 3.05) is 7.11 Å². The topological polar surface area (TPSA) is 96.5 Å². The van der Waals surface area contributed by atoms with Crippen molar-refractivity contribution in [3.05, 3.63) is 64.3 Å². The van der Waals surface area contributed by atoms with Crippen LogP contribution in [0.1, 0.15) is 45.2 Å². The van der Waals surface area contributed by atoms with Gasteiger partial charge in [0.05, 0.1) is 29.7 Å². The maximum Gasteiger partial charge on any atom is 0.338 e. The van der Waals surface area contributed by atoms with Crippen molar-refractivity contribution >= 4 is 11.9 Å². The molecule has 0 saturated carbocycles. The molecule has 2 aromatic heterocycles. The fourth-order valence-electron chi connectivity index (χ4n) is 3.06. The molecule has 0 bridgehead atoms. The minimum absolute atomic E-state index is 0.0302. The molecule has 0 saturated heterocycles. The molecule has 0 N–H and O–H groups in total. The summed E-state index contributed by atoms with van der Waals surface area (Å²) in [6, 6.07) is 8.70. The number of aryl methyl sites for hydroxylation is 2. The van der Waals surface area contributed by atoms with Gasteiger partial charge in [0, 0.05) is 18.2 Å². The number of hydrogen-bond acceptors (Lipinski definition) is 7. The Labute approximate surface area is 168 Å². The number of rotatable bonds is 7. The Morgan fingerprint density at radius 3 is 2.48 bits per heavy atom. The first-order valence-corrected chi connectivity index (χ1v) is 9.20. The molecule has 8 heteroatoms. The van der Waals surface area contributed by atoms with Crippen molar-refractivity contribution in [1.82, 2.24) is 14.9 Å². The van der Waals surface area contributed by atoms with Gasteiger partial charge in [-0.1, -0.05) is 5.16 Å². The molecule has 3 rings (SSSR count). The summed E-state index contributed by atoms with van der Waals surface area (Å²) in [5, 5.41) is 8.32. The smallest absolute Gasteiger partial charge is 0.338 e. The van der Waals surface area contributed by atoms with E-state index in [4.69, 9.17) is 14.0 Å². The lowest BCUT2D eigenvalue weighted by atomic mass is 10.1. The van der Waals surface area contributed by atoms with Crippen molar-refractivity contribution < 1.29 is 23.6 Å². The van der Waals surface area contributed by atoms with E-state index >= 15 is 0 Å². The SMILES string of the molecule is COC(=O)CCc1c(C)nn(-c2ccc(C(=O)OCc3cc(C)no3)cc2)c1C. The van der Waals surface area contributed by atoms with Crippen LogP contribution in [0.3, 0.4) is 0 Å². The molecule has 1 aromatic carbocycles. The molecule has 8 nitrogen and oxygen atoms in total. The molecule has 0 aliphatic heterocycles. The van der Waals surface area contributed by atoms with Gasteiger partial charge >= 0.3 is 11.9 Å². The number of hydrogen-bond donors (Lipinski definition) is 0. The highest BCUT2D eigenvalue weighted by molar-refractivity contribution is 5.89. The molecule has 2 heterocycles. The second-order valence-electron chi connectivity index (χ2n) is 6.69. The lowest BCUT2D eigenvalue weighted by molar-refractivity contribution is -0.140. The number of ether oxygens (including phenoxy) is 2. The van der Waals surface area contributed by atoms with Gasteiger partial charge in [-0.05, 0) is 57.0 Å². The number of nitrogens with zero attached hydrogens (tertiary/aromatic N) is 3. The fourth-order valence-corrected chi connectivity index (χ4v) is 3.06. The Morgan fingerprint density at radius 1 is 1.14 bits per heavy atom. The molecule has 29 heavy (non-hydrogen) atoms. The summed E-state index contributed by atoms with van der Waals surface area (Å²) >= 11 is 0. The van der Waals surface area contributed by atoms with Gasteiger partial charge in [-0.3, -0.25) is 4.79 Å². The van der Waals surface area contributed by atoms with Gasteiger partial charge in [-0.2, -0.15) is 5.10 Å². The van der Waals surface area contributed by atoms with Crippen LogP contribution in [0.4, 0.5) is 0 Å². The predicted molar refractivity (Wildman–Crippen MR) is 104 cm³/mol. The van der Waals surface area contributed by atoms with Gasteiger partial charge in [0.25, 0.3) is 0 Å². The number of aromatic nitrogens is 3. The van der Waals surface area contributed by atoms with Crippen LogP contribution in [0.15, 0.2) is 34.9 Å². The molecule has 0 aliphatic rings. The highest BCUT2D eigenvalue weighted by atomic mass is 16.5. The van der Waals surface area contributed by atoms with Crippen molar-refractivity contribution in [3.8, 4) is 5.69 Å². The summed E-state index contributed by atoms with van der Waals surface area (Å²) in [4.78, 5) is 23.7. The van der Waals surface area contributed by atoms with Crippen LogP contribution in [0.2, 0.25) is 0 Å². The minimum Gasteiger partial charge on any atom is -0.469 e. The van der Waals surface area contributed by atoms with E-state index in [0.717, 1.165) is 28.3 Å². The van der Waals surface area contributed by atoms with Crippen LogP contribution in [-0.4, -0.2) is 34.0 Å². The van der Waals surface area contributed by atoms with E-state index in [0.29, 0.717) is 24.2 Å². The highest BCUT2D eigenvalue weighted by Crippen LogP contribution is 2.20. The van der Waals surface area contributed by atoms with Crippen molar-refractivity contribution in [2.24, 2.45) is 0 Å². The summed E-state index contributed by atoms with van der Waals surface area (Å²) in [5.74, 6) is -0.202. The maximum atomic E-state index is 12.2. The molecule has 0 fully saturated rings. The number of benzene rings is 1. The number of methoxy groups -OCH3 is 1. The second-order valence-corrected chi connectivity index (χ2v) is 6.69. The number of carbonyl (C=O) groups is 2. The standard InChI is InChI=1S/C21H23N3O5/c1-13-11-18(29-23-13)12-28-21(26)16-5-7-17(8-6-16)24-15(3)19(14(2)22-24)9-10-20(25)27-4/h5-8,11H,9-10,12H2,1-4H3. The van der Waals surface area contributed by atoms with E-state index in [1.807, 2.05) is 13.8 Å². The monoisotopic (exact) mass is 397 g/mol. The van der Waals surface area contributed by atoms with Crippen LogP contribution in [-0.2, 0) is 27.3 Å². The molecule has 0 atom stereocenters. The maximum absolute atomic E-state index is 12.2. The van der Waals surface area contributed by atoms with Crippen molar-refractivity contribution in [2.45, 2.75) is 40.2 Å². The van der Waals surface area contributed by atoms with E-state index < -0.39 is 5.97 Å². The van der Waals surface area contributed by atoms with Crippen LogP contribution < -0.4 is 0 Å². The van der Waals surface area contributed by atoms with Gasteiger partial charge < -0.3 is 14.0 Å². The van der Waals surface area contributed by atoms with Gasteiger partial charge in [0.2, 0.25) is 0 Å². The number of carbonyl (C=O) groups excluding carboxylic acids is 2. The first-order chi connectivity index (χ1) is 13.9. The summed E-state index contributed by atoms with van der Waals surface area (Å²) in [6.45, 7) is 5.69. The minimum atomic E-state index is -0.447. The van der Waals surface area contributed by atoms with E-state index in [9.17, 15) is 9.59 Å². The van der Waals surface area contributed by atoms with Crippen molar-refractivity contribution in [1.29, 1.82) is 0 Å². The van der Waals surface area contributed by atoms with Gasteiger partial charge in [0.15, 0.2) is 12.4 Å². The summed E-state index contributed by atoms with van der Waals surface area (Å²) in [5.41, 5.74) is 4.80. The summed E-state index contributed by atoms with van der Waals surface area (Å²) in [6.07, 6.45) is 0.870. The van der Waals surface area contributed by atoms with E-state index in [2.05, 4.69) is 10.3 Å². The Morgan fingerprint density at radius 2 is 1.86 bits per heavy atom. The van der Waals surface area contributed by atoms with Crippen LogP contribution in [0.25, 0.3) is 5.69 Å². The third kappa shape index (κ3) is 4.71. The number of esters is 2. The normalized spacial score (nSPS) is 10.8. The molecule has 0 aliphatic carbocycles. The van der Waals surface area contributed by atoms with Crippen molar-refractivity contribution in [3.63, 3.8) is 0 Å². The molecule has 0 radical (unpaired) electrons. The Kier molecular flexibility index (Phi) is 6.11. The Hall–Kier alpha value is -3.42. The molecular formula is C21H23N3O5. The molecule has 0 amide bonds. The quantitative estimate of drug-likeness (QED) is 0.565. The average molecular weight is 397 g/mol. The summed E-state index contributed by atoms with van der Waals surface area (Å²) < 4.78 is 16.8. The van der Waals surface area contributed by atoms with Gasteiger partial charge in [-0.15, -0.1) is 0 Å². The zero-order chi connectivity index (χ0) is 21.0. The average Bonchev–Trinajstić information content (AvgIpc) is 3.26. The van der Waals surface area contributed by atoms with E-state index in [1.165, 1.54) is 7.11 Å². The molecule has 3 aromatic rings. The zero-order valence-corrected chi connectivity index (χ0v) is 16.9. The lowest BCUT2D eigenvalue weighted by Gasteiger charge is -2.07. The molecule has 0 unspecified atom stereocenters. The third-order valence-electron chi connectivity index (χ3n) is 4.62. The highest BCUT2D eigenvalue weighted by Gasteiger charge is 2.15. The fraction of sp³-hybridized carbons (Fsp3) is 0.333. The van der Waals surface area contributed by atoms with Gasteiger partial charge in [0.1, 0.15) is 0 Å². The molecular weight excluding hydrogens is 374 g/mol. The van der Waals surface area contributed by atoms with Gasteiger partial charge in [-0.25, -0.2) is 9.48 Å². The first-order valence-electron chi connectivity index (χ1n) is 9.20. The Balaban J connectivity index is 1.69. The molecule has 152 valence electrons. The lowest BCUT2D eigenvalue weighted by Crippen LogP contribution is -2.06. The van der Waals surface area contributed by atoms with Crippen LogP contribution in [0, 0.1) is 20.8 Å². The largest absolute Gasteiger partial charge is 0.469 e. The van der Waals surface area contributed by atoms with E-state index in [1.54, 1.807) is 41.9 Å².